The van der Waals surface area contributed by atoms with Crippen molar-refractivity contribution >= 4 is 90.1 Å². The molecule has 7 aromatic carbocycles. The minimum atomic E-state index is -0.0220. The molecule has 5 heteroatoms. The van der Waals surface area contributed by atoms with Crippen LogP contribution >= 0.6 is 0 Å². The molecule has 0 bridgehead atoms. The number of rotatable bonds is 4. The third-order valence-corrected chi connectivity index (χ3v) is 10.4. The second kappa shape index (κ2) is 10.0. The molecule has 0 unspecified atom stereocenters. The van der Waals surface area contributed by atoms with Crippen LogP contribution in [0.5, 0.6) is 0 Å². The first-order chi connectivity index (χ1) is 24.3. The van der Waals surface area contributed by atoms with Gasteiger partial charge in [0.05, 0.1) is 5.52 Å². The monoisotopic (exact) mass is 625 g/mol. The van der Waals surface area contributed by atoms with Crippen LogP contribution < -0.4 is 26.2 Å². The topological polar surface area (TPSA) is 24.6 Å². The second-order valence-electron chi connectivity index (χ2n) is 12.9. The van der Waals surface area contributed by atoms with E-state index in [4.69, 9.17) is 4.42 Å². The number of fused-ring (bicyclic) bond motifs is 9. The zero-order valence-electron chi connectivity index (χ0n) is 26.5. The SMILES string of the molecule is c1ccc(N(c2ccccc2)c2ccc3c(c2)N(c2ccccc2)c2ccc4ccn5c4c2B3c2c-5ccc3c2oc2ccccc23)cc1. The largest absolute Gasteiger partial charge is 0.457 e. The van der Waals surface area contributed by atoms with E-state index in [0.29, 0.717) is 0 Å². The molecule has 0 N–H and O–H groups in total. The predicted molar refractivity (Wildman–Crippen MR) is 205 cm³/mol. The molecule has 0 amide bonds. The average molecular weight is 626 g/mol. The molecule has 4 nitrogen and oxygen atoms in total. The number of hydrogen-bond acceptors (Lipinski definition) is 3. The first-order valence-corrected chi connectivity index (χ1v) is 16.8. The van der Waals surface area contributed by atoms with E-state index in [1.54, 1.807) is 0 Å². The standard InChI is InChI=1S/C44H28BN3O/c1-4-12-30(13-5-1)47(31-14-6-2-7-15-31)33-21-23-36-39(28-33)48(32-16-8-3-9-17-32)38-24-20-29-26-27-46-37-25-22-35-34-18-10-11-19-40(34)49-44(35)42(37)45(36)41(38)43(29)46/h1-28H. The summed E-state index contributed by atoms with van der Waals surface area (Å²) in [5.74, 6) is 0. The van der Waals surface area contributed by atoms with Crippen molar-refractivity contribution in [1.29, 1.82) is 0 Å². The van der Waals surface area contributed by atoms with E-state index in [1.807, 2.05) is 0 Å². The Kier molecular flexibility index (Phi) is 5.44. The molecular weight excluding hydrogens is 597 g/mol. The van der Waals surface area contributed by atoms with Crippen molar-refractivity contribution in [2.24, 2.45) is 0 Å². The van der Waals surface area contributed by atoms with Gasteiger partial charge in [-0.3, -0.25) is 0 Å². The summed E-state index contributed by atoms with van der Waals surface area (Å²) < 4.78 is 9.18. The summed E-state index contributed by atoms with van der Waals surface area (Å²) in [6.07, 6.45) is 2.22. The molecule has 2 aliphatic heterocycles. The van der Waals surface area contributed by atoms with Gasteiger partial charge in [0.2, 0.25) is 0 Å². The Morgan fingerprint density at radius 1 is 0.510 bits per heavy atom. The molecule has 4 heterocycles. The molecule has 9 aromatic rings. The van der Waals surface area contributed by atoms with Gasteiger partial charge in [-0.1, -0.05) is 84.9 Å². The number of nitrogens with zero attached hydrogens (tertiary/aromatic N) is 3. The van der Waals surface area contributed by atoms with Crippen molar-refractivity contribution in [3.63, 3.8) is 0 Å². The maximum absolute atomic E-state index is 6.80. The fourth-order valence-corrected chi connectivity index (χ4v) is 8.37. The van der Waals surface area contributed by atoms with E-state index < -0.39 is 0 Å². The Balaban J connectivity index is 1.24. The van der Waals surface area contributed by atoms with Crippen molar-refractivity contribution < 1.29 is 4.42 Å². The van der Waals surface area contributed by atoms with Gasteiger partial charge in [-0.15, -0.1) is 0 Å². The summed E-state index contributed by atoms with van der Waals surface area (Å²) in [6, 6.07) is 58.8. The molecule has 2 aliphatic rings. The molecule has 0 saturated heterocycles. The highest BCUT2D eigenvalue weighted by molar-refractivity contribution is 7.01. The third-order valence-electron chi connectivity index (χ3n) is 10.4. The van der Waals surface area contributed by atoms with Crippen LogP contribution in [0, 0.1) is 0 Å². The quantitative estimate of drug-likeness (QED) is 0.182. The molecular formula is C44H28BN3O. The minimum Gasteiger partial charge on any atom is -0.457 e. The molecule has 2 aromatic heterocycles. The fourth-order valence-electron chi connectivity index (χ4n) is 8.37. The van der Waals surface area contributed by atoms with E-state index in [9.17, 15) is 0 Å². The van der Waals surface area contributed by atoms with Crippen molar-refractivity contribution in [3.05, 3.63) is 170 Å². The van der Waals surface area contributed by atoms with Crippen LogP contribution in [0.3, 0.4) is 0 Å². The molecule has 0 saturated carbocycles. The molecule has 228 valence electrons. The first kappa shape index (κ1) is 26.6. The van der Waals surface area contributed by atoms with E-state index in [-0.39, 0.29) is 6.71 Å². The van der Waals surface area contributed by atoms with Gasteiger partial charge in [-0.25, -0.2) is 0 Å². The lowest BCUT2D eigenvalue weighted by atomic mass is 9.33. The lowest BCUT2D eigenvalue weighted by molar-refractivity contribution is 0.671. The summed E-state index contributed by atoms with van der Waals surface area (Å²) in [7, 11) is 0. The van der Waals surface area contributed by atoms with Gasteiger partial charge in [0, 0.05) is 56.8 Å². The normalized spacial score (nSPS) is 12.8. The molecule has 0 fully saturated rings. The van der Waals surface area contributed by atoms with Gasteiger partial charge in [0.25, 0.3) is 6.71 Å². The zero-order chi connectivity index (χ0) is 32.1. The van der Waals surface area contributed by atoms with Gasteiger partial charge >= 0.3 is 0 Å². The van der Waals surface area contributed by atoms with Gasteiger partial charge < -0.3 is 18.8 Å². The van der Waals surface area contributed by atoms with Crippen LogP contribution in [0.1, 0.15) is 0 Å². The van der Waals surface area contributed by atoms with Crippen LogP contribution in [-0.2, 0) is 0 Å². The highest BCUT2D eigenvalue weighted by Gasteiger charge is 2.43. The number of aromatic nitrogens is 1. The number of benzene rings is 7. The lowest BCUT2D eigenvalue weighted by Gasteiger charge is -2.40. The van der Waals surface area contributed by atoms with Crippen LogP contribution in [0.4, 0.5) is 34.1 Å². The van der Waals surface area contributed by atoms with Crippen LogP contribution in [0.15, 0.2) is 174 Å². The number of hydrogen-bond donors (Lipinski definition) is 0. The molecule has 0 spiro atoms. The molecule has 0 radical (unpaired) electrons. The smallest absolute Gasteiger partial charge is 0.257 e. The first-order valence-electron chi connectivity index (χ1n) is 16.8. The summed E-state index contributed by atoms with van der Waals surface area (Å²) in [5, 5.41) is 3.55. The van der Waals surface area contributed by atoms with Crippen molar-refractivity contribution in [2.75, 3.05) is 9.80 Å². The van der Waals surface area contributed by atoms with Gasteiger partial charge in [0.15, 0.2) is 0 Å². The van der Waals surface area contributed by atoms with Crippen LogP contribution in [-0.4, -0.2) is 11.3 Å². The average Bonchev–Trinajstić information content (AvgIpc) is 3.78. The Morgan fingerprint density at radius 3 is 1.98 bits per heavy atom. The van der Waals surface area contributed by atoms with Crippen molar-refractivity contribution in [1.82, 2.24) is 4.57 Å². The molecule has 49 heavy (non-hydrogen) atoms. The third kappa shape index (κ3) is 3.70. The maximum Gasteiger partial charge on any atom is 0.257 e. The lowest BCUT2D eigenvalue weighted by Crippen LogP contribution is -2.60. The van der Waals surface area contributed by atoms with Crippen LogP contribution in [0.25, 0.3) is 38.5 Å². The van der Waals surface area contributed by atoms with E-state index in [1.165, 1.54) is 38.7 Å². The Hall–Kier alpha value is -6.46. The van der Waals surface area contributed by atoms with E-state index in [0.717, 1.165) is 50.4 Å². The molecule has 0 atom stereocenters. The summed E-state index contributed by atoms with van der Waals surface area (Å²) in [6.45, 7) is -0.0220. The van der Waals surface area contributed by atoms with Crippen molar-refractivity contribution in [3.8, 4) is 5.69 Å². The Labute approximate surface area is 283 Å². The van der Waals surface area contributed by atoms with Crippen LogP contribution in [0.2, 0.25) is 0 Å². The summed E-state index contributed by atoms with van der Waals surface area (Å²) >= 11 is 0. The van der Waals surface area contributed by atoms with Gasteiger partial charge in [0.1, 0.15) is 11.2 Å². The minimum absolute atomic E-state index is 0.0220. The van der Waals surface area contributed by atoms with E-state index >= 15 is 0 Å². The Morgan fingerprint density at radius 2 is 1.20 bits per heavy atom. The van der Waals surface area contributed by atoms with Gasteiger partial charge in [-0.05, 0) is 101 Å². The predicted octanol–water partition coefficient (Wildman–Crippen LogP) is 9.61. The zero-order valence-corrected chi connectivity index (χ0v) is 26.5. The molecule has 0 aliphatic carbocycles. The van der Waals surface area contributed by atoms with E-state index in [2.05, 4.69) is 184 Å². The van der Waals surface area contributed by atoms with Gasteiger partial charge in [-0.2, -0.15) is 0 Å². The highest BCUT2D eigenvalue weighted by Crippen LogP contribution is 2.44. The second-order valence-corrected chi connectivity index (χ2v) is 12.9. The number of furan rings is 1. The number of para-hydroxylation sites is 4. The summed E-state index contributed by atoms with van der Waals surface area (Å²) in [4.78, 5) is 4.80. The molecule has 11 rings (SSSR count). The number of anilines is 6. The van der Waals surface area contributed by atoms with Crippen molar-refractivity contribution in [2.45, 2.75) is 0 Å². The summed E-state index contributed by atoms with van der Waals surface area (Å²) in [5.41, 5.74) is 14.9. The maximum atomic E-state index is 6.80. The highest BCUT2D eigenvalue weighted by atomic mass is 16.3. The fraction of sp³-hybridized carbons (Fsp3) is 0. The Bertz CT molecular complexity index is 2690.